The van der Waals surface area contributed by atoms with Gasteiger partial charge in [-0.2, -0.15) is 0 Å². The predicted octanol–water partition coefficient (Wildman–Crippen LogP) is 3.27. The van der Waals surface area contributed by atoms with Gasteiger partial charge in [0.15, 0.2) is 0 Å². The lowest BCUT2D eigenvalue weighted by atomic mass is 9.82. The van der Waals surface area contributed by atoms with Gasteiger partial charge in [-0.05, 0) is 43.2 Å². The van der Waals surface area contributed by atoms with Crippen molar-refractivity contribution in [2.75, 3.05) is 19.0 Å². The number of nitrogens with one attached hydrogen (secondary N) is 2. The predicted molar refractivity (Wildman–Crippen MR) is 124 cm³/mol. The Bertz CT molecular complexity index is 994. The highest BCUT2D eigenvalue weighted by atomic mass is 16.5. The lowest BCUT2D eigenvalue weighted by molar-refractivity contribution is -0.139. The molecule has 0 aliphatic heterocycles. The van der Waals surface area contributed by atoms with E-state index in [1.54, 1.807) is 18.3 Å². The van der Waals surface area contributed by atoms with Gasteiger partial charge in [-0.3, -0.25) is 18.8 Å². The molecular weight excluding hydrogens is 424 g/mol. The van der Waals surface area contributed by atoms with Crippen molar-refractivity contribution in [3.05, 3.63) is 29.6 Å². The van der Waals surface area contributed by atoms with Crippen molar-refractivity contribution in [1.29, 1.82) is 0 Å². The number of anilines is 1. The Balaban J connectivity index is 1.84. The number of methoxy groups -OCH3 is 1. The molecule has 1 amide bonds. The lowest BCUT2D eigenvalue weighted by Crippen LogP contribution is -2.42. The quantitative estimate of drug-likeness (QED) is 0.467. The van der Waals surface area contributed by atoms with Crippen molar-refractivity contribution < 1.29 is 24.2 Å². The summed E-state index contributed by atoms with van der Waals surface area (Å²) in [7, 11) is 1.34. The Kier molecular flexibility index (Phi) is 8.30. The minimum Gasteiger partial charge on any atom is -0.481 e. The summed E-state index contributed by atoms with van der Waals surface area (Å²) in [6, 6.07) is 2.99. The molecule has 0 aromatic carbocycles. The first-order valence-corrected chi connectivity index (χ1v) is 11.6. The maximum atomic E-state index is 13.0. The van der Waals surface area contributed by atoms with Crippen molar-refractivity contribution in [3.8, 4) is 0 Å². The van der Waals surface area contributed by atoms with Crippen LogP contribution < -0.4 is 10.6 Å². The molecule has 2 heterocycles. The second-order valence-corrected chi connectivity index (χ2v) is 9.15. The van der Waals surface area contributed by atoms with Crippen LogP contribution in [0.25, 0.3) is 5.65 Å². The standard InChI is InChI=1S/C24H34N4O5/c1-15(2)11-19-23(25-14-22(31)33-3)28-10-9-17(12-20(28)26-19)24(32)27-18(13-21(29)30)16-7-5-4-6-8-16/h9-10,12,15-16,18,25H,4-8,11,13-14H2,1-3H3,(H,27,32)(H,29,30). The summed E-state index contributed by atoms with van der Waals surface area (Å²) in [5.41, 5.74) is 1.81. The number of carboxylic acid groups (broad SMARTS) is 1. The summed E-state index contributed by atoms with van der Waals surface area (Å²) in [5.74, 6) is -0.365. The summed E-state index contributed by atoms with van der Waals surface area (Å²) in [5, 5.41) is 15.4. The normalized spacial score (nSPS) is 15.4. The third kappa shape index (κ3) is 6.46. The number of carbonyl (C=O) groups excluding carboxylic acids is 2. The van der Waals surface area contributed by atoms with Crippen molar-refractivity contribution in [2.45, 2.75) is 64.8 Å². The van der Waals surface area contributed by atoms with Crippen molar-refractivity contribution in [3.63, 3.8) is 0 Å². The van der Waals surface area contributed by atoms with Crippen LogP contribution in [0.1, 0.15) is 68.4 Å². The van der Waals surface area contributed by atoms with Gasteiger partial charge in [-0.1, -0.05) is 33.1 Å². The van der Waals surface area contributed by atoms with E-state index in [4.69, 9.17) is 9.72 Å². The number of rotatable bonds is 10. The Morgan fingerprint density at radius 3 is 2.61 bits per heavy atom. The number of amides is 1. The van der Waals surface area contributed by atoms with Crippen molar-refractivity contribution in [1.82, 2.24) is 14.7 Å². The van der Waals surface area contributed by atoms with Gasteiger partial charge in [0.2, 0.25) is 0 Å². The fourth-order valence-electron chi connectivity index (χ4n) is 4.49. The van der Waals surface area contributed by atoms with E-state index in [0.29, 0.717) is 29.4 Å². The molecule has 3 rings (SSSR count). The highest BCUT2D eigenvalue weighted by Gasteiger charge is 2.27. The number of carboxylic acids is 1. The summed E-state index contributed by atoms with van der Waals surface area (Å²) in [6.07, 6.45) is 7.53. The number of hydrogen-bond donors (Lipinski definition) is 3. The Morgan fingerprint density at radius 2 is 1.97 bits per heavy atom. The average Bonchev–Trinajstić information content (AvgIpc) is 3.12. The molecule has 1 aliphatic rings. The zero-order chi connectivity index (χ0) is 24.0. The van der Waals surface area contributed by atoms with Crippen LogP contribution in [0.2, 0.25) is 0 Å². The summed E-state index contributed by atoms with van der Waals surface area (Å²) in [4.78, 5) is 40.7. The zero-order valence-corrected chi connectivity index (χ0v) is 19.6. The fourth-order valence-corrected chi connectivity index (χ4v) is 4.49. The summed E-state index contributed by atoms with van der Waals surface area (Å²) < 4.78 is 6.53. The molecule has 1 unspecified atom stereocenters. The van der Waals surface area contributed by atoms with Gasteiger partial charge in [0, 0.05) is 17.8 Å². The van der Waals surface area contributed by atoms with Gasteiger partial charge >= 0.3 is 11.9 Å². The maximum Gasteiger partial charge on any atom is 0.325 e. The molecule has 2 aromatic heterocycles. The average molecular weight is 459 g/mol. The van der Waals surface area contributed by atoms with Crippen LogP contribution in [0.5, 0.6) is 0 Å². The second kappa shape index (κ2) is 11.2. The van der Waals surface area contributed by atoms with Gasteiger partial charge in [0.25, 0.3) is 5.91 Å². The van der Waals surface area contributed by atoms with Crippen LogP contribution in [0.3, 0.4) is 0 Å². The van der Waals surface area contributed by atoms with Gasteiger partial charge in [-0.25, -0.2) is 4.98 Å². The van der Waals surface area contributed by atoms with E-state index in [-0.39, 0.29) is 36.8 Å². The number of carbonyl (C=O) groups is 3. The first-order valence-electron chi connectivity index (χ1n) is 11.6. The molecule has 2 aromatic rings. The monoisotopic (exact) mass is 458 g/mol. The molecule has 0 bridgehead atoms. The van der Waals surface area contributed by atoms with Crippen LogP contribution in [-0.4, -0.2) is 52.0 Å². The molecule has 3 N–H and O–H groups in total. The van der Waals surface area contributed by atoms with Crippen LogP contribution in [0, 0.1) is 11.8 Å². The zero-order valence-electron chi connectivity index (χ0n) is 19.6. The highest BCUT2D eigenvalue weighted by molar-refractivity contribution is 5.95. The topological polar surface area (TPSA) is 122 Å². The largest absolute Gasteiger partial charge is 0.481 e. The second-order valence-electron chi connectivity index (χ2n) is 9.15. The highest BCUT2D eigenvalue weighted by Crippen LogP contribution is 2.28. The number of fused-ring (bicyclic) bond motifs is 1. The van der Waals surface area contributed by atoms with Gasteiger partial charge in [0.05, 0.1) is 19.2 Å². The number of aromatic nitrogens is 2. The number of aliphatic carboxylic acids is 1. The van der Waals surface area contributed by atoms with Crippen LogP contribution in [0.4, 0.5) is 5.82 Å². The molecular formula is C24H34N4O5. The van der Waals surface area contributed by atoms with Gasteiger partial charge < -0.3 is 20.5 Å². The molecule has 33 heavy (non-hydrogen) atoms. The SMILES string of the molecule is COC(=O)CNc1c(CC(C)C)nc2cc(C(=O)NC(CC(=O)O)C3CCCCC3)ccn12. The fraction of sp³-hybridized carbons (Fsp3) is 0.583. The lowest BCUT2D eigenvalue weighted by Gasteiger charge is -2.30. The Labute approximate surface area is 193 Å². The smallest absolute Gasteiger partial charge is 0.325 e. The Hall–Kier alpha value is -3.10. The van der Waals surface area contributed by atoms with E-state index >= 15 is 0 Å². The third-order valence-electron chi connectivity index (χ3n) is 6.12. The van der Waals surface area contributed by atoms with Crippen LogP contribution >= 0.6 is 0 Å². The number of nitrogens with zero attached hydrogens (tertiary/aromatic N) is 2. The number of esters is 1. The maximum absolute atomic E-state index is 13.0. The van der Waals surface area contributed by atoms with Crippen molar-refractivity contribution >= 4 is 29.3 Å². The first-order chi connectivity index (χ1) is 15.8. The first kappa shape index (κ1) is 24.5. The Morgan fingerprint density at radius 1 is 1.24 bits per heavy atom. The van der Waals surface area contributed by atoms with E-state index < -0.39 is 5.97 Å². The molecule has 1 fully saturated rings. The number of pyridine rings is 1. The molecule has 0 radical (unpaired) electrons. The molecule has 9 nitrogen and oxygen atoms in total. The van der Waals surface area contributed by atoms with E-state index in [0.717, 1.165) is 37.8 Å². The van der Waals surface area contributed by atoms with Crippen LogP contribution in [0.15, 0.2) is 18.3 Å². The van der Waals surface area contributed by atoms with Crippen LogP contribution in [-0.2, 0) is 20.7 Å². The van der Waals surface area contributed by atoms with E-state index in [1.807, 2.05) is 4.40 Å². The van der Waals surface area contributed by atoms with Crippen molar-refractivity contribution in [2.24, 2.45) is 11.8 Å². The molecule has 180 valence electrons. The van der Waals surface area contributed by atoms with Gasteiger partial charge in [-0.15, -0.1) is 0 Å². The molecule has 1 aliphatic carbocycles. The molecule has 0 saturated heterocycles. The van der Waals surface area contributed by atoms with E-state index in [9.17, 15) is 19.5 Å². The minimum atomic E-state index is -0.908. The number of hydrogen-bond acceptors (Lipinski definition) is 6. The van der Waals surface area contributed by atoms with E-state index in [1.165, 1.54) is 7.11 Å². The molecule has 1 atom stereocenters. The minimum absolute atomic E-state index is 0.00980. The molecule has 9 heteroatoms. The van der Waals surface area contributed by atoms with E-state index in [2.05, 4.69) is 24.5 Å². The number of ether oxygens (including phenoxy) is 1. The summed E-state index contributed by atoms with van der Waals surface area (Å²) in [6.45, 7) is 4.18. The van der Waals surface area contributed by atoms with Gasteiger partial charge in [0.1, 0.15) is 18.0 Å². The summed E-state index contributed by atoms with van der Waals surface area (Å²) >= 11 is 0. The molecule has 0 spiro atoms. The number of imidazole rings is 1. The molecule has 1 saturated carbocycles. The third-order valence-corrected chi connectivity index (χ3v) is 6.12.